The van der Waals surface area contributed by atoms with Gasteiger partial charge in [0.2, 0.25) is 0 Å². The van der Waals surface area contributed by atoms with E-state index in [9.17, 15) is 8.42 Å². The van der Waals surface area contributed by atoms with Gasteiger partial charge in [-0.15, -0.1) is 0 Å². The van der Waals surface area contributed by atoms with E-state index >= 15 is 0 Å². The molecule has 0 radical (unpaired) electrons. The molecule has 0 bridgehead atoms. The predicted molar refractivity (Wildman–Crippen MR) is 133 cm³/mol. The lowest BCUT2D eigenvalue weighted by atomic mass is 10.1. The zero-order valence-corrected chi connectivity index (χ0v) is 19.9. The first-order valence-electron chi connectivity index (χ1n) is 11.3. The van der Waals surface area contributed by atoms with Crippen LogP contribution < -0.4 is 15.8 Å². The molecule has 1 aromatic heterocycles. The molecule has 1 aliphatic carbocycles. The molecule has 0 saturated heterocycles. The van der Waals surface area contributed by atoms with Crippen molar-refractivity contribution in [1.82, 2.24) is 4.57 Å². The van der Waals surface area contributed by atoms with Crippen LogP contribution in [0.15, 0.2) is 42.5 Å². The minimum absolute atomic E-state index is 0.131. The normalized spacial score (nSPS) is 14.2. The van der Waals surface area contributed by atoms with E-state index in [-0.39, 0.29) is 5.75 Å². The maximum Gasteiger partial charge on any atom is 0.147 e. The summed E-state index contributed by atoms with van der Waals surface area (Å²) < 4.78 is 30.9. The summed E-state index contributed by atoms with van der Waals surface area (Å²) >= 11 is 0. The van der Waals surface area contributed by atoms with Crippen molar-refractivity contribution in [2.45, 2.75) is 45.7 Å². The van der Waals surface area contributed by atoms with Gasteiger partial charge in [-0.05, 0) is 63.3 Å². The summed E-state index contributed by atoms with van der Waals surface area (Å²) in [7, 11) is -2.97. The Morgan fingerprint density at radius 3 is 2.50 bits per heavy atom. The number of nitrogens with two attached hydrogens (primary N) is 1. The van der Waals surface area contributed by atoms with Crippen molar-refractivity contribution in [3.05, 3.63) is 42.5 Å². The SMILES string of the molecule is CC(C)Nc1ccc(-c2c(N)c3ccc(OCCCS(C)(=O)=O)cc3n2CC2CC2)cc1. The van der Waals surface area contributed by atoms with Crippen LogP contribution in [-0.2, 0) is 16.4 Å². The van der Waals surface area contributed by atoms with E-state index in [0.29, 0.717) is 25.0 Å². The van der Waals surface area contributed by atoms with Gasteiger partial charge < -0.3 is 20.4 Å². The molecular formula is C25H33N3O3S. The highest BCUT2D eigenvalue weighted by molar-refractivity contribution is 7.90. The molecule has 0 amide bonds. The van der Waals surface area contributed by atoms with Crippen LogP contribution in [0.4, 0.5) is 11.4 Å². The molecule has 1 heterocycles. The summed E-state index contributed by atoms with van der Waals surface area (Å²) in [4.78, 5) is 0. The average molecular weight is 456 g/mol. The minimum Gasteiger partial charge on any atom is -0.493 e. The number of benzene rings is 2. The molecule has 0 spiro atoms. The molecule has 1 saturated carbocycles. The number of hydrogen-bond acceptors (Lipinski definition) is 5. The topological polar surface area (TPSA) is 86.3 Å². The Hall–Kier alpha value is -2.67. The van der Waals surface area contributed by atoms with E-state index in [1.54, 1.807) is 0 Å². The molecule has 32 heavy (non-hydrogen) atoms. The molecule has 1 fully saturated rings. The first-order valence-corrected chi connectivity index (χ1v) is 13.4. The molecule has 0 unspecified atom stereocenters. The number of hydrogen-bond donors (Lipinski definition) is 2. The Labute approximate surface area is 190 Å². The second-order valence-corrected chi connectivity index (χ2v) is 11.5. The van der Waals surface area contributed by atoms with Crippen molar-refractivity contribution in [1.29, 1.82) is 0 Å². The number of aromatic nitrogens is 1. The van der Waals surface area contributed by atoms with Crippen LogP contribution >= 0.6 is 0 Å². The number of nitrogens with one attached hydrogen (secondary N) is 1. The Morgan fingerprint density at radius 1 is 1.16 bits per heavy atom. The molecule has 2 aromatic carbocycles. The van der Waals surface area contributed by atoms with Crippen LogP contribution in [0, 0.1) is 5.92 Å². The number of nitrogen functional groups attached to an aromatic ring is 1. The van der Waals surface area contributed by atoms with Gasteiger partial charge in [-0.1, -0.05) is 12.1 Å². The highest BCUT2D eigenvalue weighted by Crippen LogP contribution is 2.41. The first kappa shape index (κ1) is 22.5. The fourth-order valence-corrected chi connectivity index (χ4v) is 4.72. The summed E-state index contributed by atoms with van der Waals surface area (Å²) in [6, 6.07) is 14.8. The quantitative estimate of drug-likeness (QED) is 0.423. The molecule has 7 heteroatoms. The third kappa shape index (κ3) is 5.38. The van der Waals surface area contributed by atoms with Crippen molar-refractivity contribution in [2.24, 2.45) is 5.92 Å². The van der Waals surface area contributed by atoms with Crippen molar-refractivity contribution >= 4 is 32.1 Å². The molecule has 6 nitrogen and oxygen atoms in total. The molecule has 4 rings (SSSR count). The number of anilines is 2. The zero-order chi connectivity index (χ0) is 22.9. The third-order valence-electron chi connectivity index (χ3n) is 5.75. The van der Waals surface area contributed by atoms with E-state index in [2.05, 4.69) is 48.0 Å². The molecular weight excluding hydrogens is 422 g/mol. The lowest BCUT2D eigenvalue weighted by molar-refractivity contribution is 0.318. The second kappa shape index (κ2) is 9.06. The van der Waals surface area contributed by atoms with Crippen molar-refractivity contribution in [3.63, 3.8) is 0 Å². The fourth-order valence-electron chi connectivity index (χ4n) is 4.07. The first-order chi connectivity index (χ1) is 15.2. The maximum absolute atomic E-state index is 11.3. The highest BCUT2D eigenvalue weighted by atomic mass is 32.2. The largest absolute Gasteiger partial charge is 0.493 e. The Morgan fingerprint density at radius 2 is 1.88 bits per heavy atom. The Kier molecular flexibility index (Phi) is 6.38. The van der Waals surface area contributed by atoms with E-state index in [0.717, 1.165) is 45.8 Å². The molecule has 172 valence electrons. The monoisotopic (exact) mass is 455 g/mol. The van der Waals surface area contributed by atoms with Crippen LogP contribution in [0.1, 0.15) is 33.1 Å². The number of rotatable bonds is 10. The molecule has 1 aliphatic rings. The van der Waals surface area contributed by atoms with Crippen molar-refractivity contribution in [3.8, 4) is 17.0 Å². The number of ether oxygens (including phenoxy) is 1. The molecule has 0 aliphatic heterocycles. The smallest absolute Gasteiger partial charge is 0.147 e. The Bertz CT molecular complexity index is 1190. The number of fused-ring (bicyclic) bond motifs is 1. The summed E-state index contributed by atoms with van der Waals surface area (Å²) in [5.41, 5.74) is 11.8. The lowest BCUT2D eigenvalue weighted by Crippen LogP contribution is -2.09. The van der Waals surface area contributed by atoms with Crippen LogP contribution in [0.5, 0.6) is 5.75 Å². The molecule has 3 N–H and O–H groups in total. The van der Waals surface area contributed by atoms with Crippen molar-refractivity contribution in [2.75, 3.05) is 29.7 Å². The van der Waals surface area contributed by atoms with Gasteiger partial charge in [0.1, 0.15) is 15.6 Å². The summed E-state index contributed by atoms with van der Waals surface area (Å²) in [5, 5.41) is 4.45. The Balaban J connectivity index is 1.65. The van der Waals surface area contributed by atoms with E-state index in [1.807, 2.05) is 18.2 Å². The van der Waals surface area contributed by atoms with Gasteiger partial charge in [0, 0.05) is 41.5 Å². The van der Waals surface area contributed by atoms with Gasteiger partial charge >= 0.3 is 0 Å². The van der Waals surface area contributed by atoms with E-state index < -0.39 is 9.84 Å². The molecule has 0 atom stereocenters. The van der Waals surface area contributed by atoms with Gasteiger partial charge in [0.05, 0.1) is 29.3 Å². The van der Waals surface area contributed by atoms with Crippen molar-refractivity contribution < 1.29 is 13.2 Å². The van der Waals surface area contributed by atoms with Gasteiger partial charge in [0.25, 0.3) is 0 Å². The van der Waals surface area contributed by atoms with Gasteiger partial charge in [-0.25, -0.2) is 8.42 Å². The van der Waals surface area contributed by atoms with Gasteiger partial charge in [-0.2, -0.15) is 0 Å². The third-order valence-corrected chi connectivity index (χ3v) is 6.79. The summed E-state index contributed by atoms with van der Waals surface area (Å²) in [6.07, 6.45) is 4.22. The van der Waals surface area contributed by atoms with Crippen LogP contribution in [0.3, 0.4) is 0 Å². The van der Waals surface area contributed by atoms with E-state index in [4.69, 9.17) is 10.5 Å². The summed E-state index contributed by atoms with van der Waals surface area (Å²) in [6.45, 7) is 5.56. The van der Waals surface area contributed by atoms with Gasteiger partial charge in [0.15, 0.2) is 0 Å². The zero-order valence-electron chi connectivity index (χ0n) is 19.1. The van der Waals surface area contributed by atoms with Crippen LogP contribution in [0.25, 0.3) is 22.2 Å². The van der Waals surface area contributed by atoms with Gasteiger partial charge in [-0.3, -0.25) is 0 Å². The van der Waals surface area contributed by atoms with Crippen LogP contribution in [-0.4, -0.2) is 37.6 Å². The maximum atomic E-state index is 11.3. The molecule has 3 aromatic rings. The minimum atomic E-state index is -2.97. The standard InChI is InChI=1S/C25H33N3O3S/c1-17(2)27-20-9-7-19(8-10-20)25-24(26)22-12-11-21(31-13-4-14-32(3,29)30)15-23(22)28(25)16-18-5-6-18/h7-12,15,17-18,27H,4-6,13-14,16,26H2,1-3H3. The number of nitrogens with zero attached hydrogens (tertiary/aromatic N) is 1. The highest BCUT2D eigenvalue weighted by Gasteiger charge is 2.26. The average Bonchev–Trinajstić information content (AvgIpc) is 3.50. The second-order valence-electron chi connectivity index (χ2n) is 9.20. The predicted octanol–water partition coefficient (Wildman–Crippen LogP) is 4.93. The van der Waals surface area contributed by atoms with Crippen LogP contribution in [0.2, 0.25) is 0 Å². The van der Waals surface area contributed by atoms with E-state index in [1.165, 1.54) is 19.1 Å². The number of sulfone groups is 1. The lowest BCUT2D eigenvalue weighted by Gasteiger charge is -2.14. The summed E-state index contributed by atoms with van der Waals surface area (Å²) in [5.74, 6) is 1.56. The fraction of sp³-hybridized carbons (Fsp3) is 0.440.